The number of nitrogens with two attached hydrogens (primary N) is 2. The minimum atomic E-state index is -0.669. The van der Waals surface area contributed by atoms with Crippen molar-refractivity contribution in [2.45, 2.75) is 45.7 Å². The van der Waals surface area contributed by atoms with Crippen molar-refractivity contribution in [1.29, 1.82) is 0 Å². The Hall–Kier alpha value is -2.15. The lowest BCUT2D eigenvalue weighted by molar-refractivity contribution is -0.118. The van der Waals surface area contributed by atoms with Crippen LogP contribution in [-0.4, -0.2) is 17.7 Å². The van der Waals surface area contributed by atoms with Crippen molar-refractivity contribution in [1.82, 2.24) is 5.32 Å². The fourth-order valence-corrected chi connectivity index (χ4v) is 3.37. The molecule has 0 bridgehead atoms. The first kappa shape index (κ1) is 24.9. The zero-order chi connectivity index (χ0) is 21.0. The summed E-state index contributed by atoms with van der Waals surface area (Å²) in [6.45, 7) is 5.45. The number of benzene rings is 2. The average Bonchev–Trinajstić information content (AvgIpc) is 2.61. The number of rotatable bonds is 8. The predicted molar refractivity (Wildman–Crippen MR) is 117 cm³/mol. The number of hydrogen-bond donors (Lipinski definition) is 3. The van der Waals surface area contributed by atoms with Crippen molar-refractivity contribution in [3.63, 3.8) is 0 Å². The molecule has 0 aromatic heterocycles. The summed E-state index contributed by atoms with van der Waals surface area (Å²) in [5.74, 6) is -1.62. The standard InChI is InChI=1S/C21H25ClFN3O2.ClH/c1-4-17(26-12(3)10-18(25)27)14-6-7-15(22)19(20(14)23)21(28)13-5-8-16(24)11(2)9-13;/h5-9,12,17,26H,4,10,24H2,1-3H3,(H2,25,27);1H/t12-,17-;/m1./s1. The highest BCUT2D eigenvalue weighted by molar-refractivity contribution is 6.35. The molecular weight excluding hydrogens is 416 g/mol. The highest BCUT2D eigenvalue weighted by atomic mass is 35.5. The number of halogens is 3. The van der Waals surface area contributed by atoms with Crippen LogP contribution in [0.15, 0.2) is 30.3 Å². The molecule has 0 saturated carbocycles. The molecule has 0 aliphatic rings. The summed E-state index contributed by atoms with van der Waals surface area (Å²) < 4.78 is 15.3. The first-order valence-electron chi connectivity index (χ1n) is 9.08. The molecule has 0 saturated heterocycles. The van der Waals surface area contributed by atoms with Gasteiger partial charge in [0.05, 0.1) is 10.6 Å². The molecule has 5 nitrogen and oxygen atoms in total. The summed E-state index contributed by atoms with van der Waals surface area (Å²) in [5.41, 5.74) is 12.8. The van der Waals surface area contributed by atoms with E-state index < -0.39 is 23.5 Å². The molecule has 0 aliphatic heterocycles. The molecule has 2 aromatic carbocycles. The molecule has 29 heavy (non-hydrogen) atoms. The van der Waals surface area contributed by atoms with Crippen molar-refractivity contribution in [3.8, 4) is 0 Å². The summed E-state index contributed by atoms with van der Waals surface area (Å²) in [6, 6.07) is 7.21. The van der Waals surface area contributed by atoms with Gasteiger partial charge in [-0.15, -0.1) is 12.4 Å². The van der Waals surface area contributed by atoms with Gasteiger partial charge in [0.15, 0.2) is 5.78 Å². The molecule has 2 rings (SSSR count). The summed E-state index contributed by atoms with van der Waals surface area (Å²) >= 11 is 6.17. The van der Waals surface area contributed by atoms with Gasteiger partial charge in [-0.05, 0) is 50.1 Å². The van der Waals surface area contributed by atoms with Crippen LogP contribution in [0.4, 0.5) is 10.1 Å². The van der Waals surface area contributed by atoms with E-state index in [1.165, 1.54) is 6.07 Å². The quantitative estimate of drug-likeness (QED) is 0.419. The van der Waals surface area contributed by atoms with Crippen molar-refractivity contribution in [2.75, 3.05) is 5.73 Å². The Morgan fingerprint density at radius 1 is 1.24 bits per heavy atom. The normalized spacial score (nSPS) is 12.7. The van der Waals surface area contributed by atoms with Gasteiger partial charge in [0.25, 0.3) is 0 Å². The third kappa shape index (κ3) is 5.92. The fraction of sp³-hybridized carbons (Fsp3) is 0.333. The highest BCUT2D eigenvalue weighted by Gasteiger charge is 2.25. The van der Waals surface area contributed by atoms with Gasteiger partial charge in [0.1, 0.15) is 5.82 Å². The van der Waals surface area contributed by atoms with E-state index in [-0.39, 0.29) is 35.5 Å². The van der Waals surface area contributed by atoms with Crippen molar-refractivity contribution in [2.24, 2.45) is 5.73 Å². The van der Waals surface area contributed by atoms with Crippen LogP contribution in [-0.2, 0) is 4.79 Å². The predicted octanol–water partition coefficient (Wildman–Crippen LogP) is 4.33. The Labute approximate surface area is 181 Å². The largest absolute Gasteiger partial charge is 0.399 e. The molecule has 0 radical (unpaired) electrons. The van der Waals surface area contributed by atoms with Gasteiger partial charge in [-0.1, -0.05) is 24.6 Å². The second kappa shape index (κ2) is 10.6. The van der Waals surface area contributed by atoms with Gasteiger partial charge in [-0.3, -0.25) is 9.59 Å². The van der Waals surface area contributed by atoms with E-state index in [2.05, 4.69) is 5.32 Å². The zero-order valence-corrected chi connectivity index (χ0v) is 18.2. The van der Waals surface area contributed by atoms with Crippen molar-refractivity contribution >= 4 is 41.4 Å². The van der Waals surface area contributed by atoms with Gasteiger partial charge in [-0.25, -0.2) is 4.39 Å². The van der Waals surface area contributed by atoms with Crippen LogP contribution in [0.2, 0.25) is 5.02 Å². The molecule has 5 N–H and O–H groups in total. The van der Waals surface area contributed by atoms with Crippen LogP contribution in [0.3, 0.4) is 0 Å². The van der Waals surface area contributed by atoms with Crippen molar-refractivity contribution in [3.05, 3.63) is 63.4 Å². The fourth-order valence-electron chi connectivity index (χ4n) is 3.14. The van der Waals surface area contributed by atoms with E-state index >= 15 is 4.39 Å². The van der Waals surface area contributed by atoms with E-state index in [1.807, 2.05) is 6.92 Å². The smallest absolute Gasteiger partial charge is 0.218 e. The number of nitrogen functional groups attached to an aromatic ring is 1. The third-order valence-electron chi connectivity index (χ3n) is 4.66. The molecule has 0 unspecified atom stereocenters. The van der Waals surface area contributed by atoms with Crippen LogP contribution < -0.4 is 16.8 Å². The number of carbonyl (C=O) groups is 2. The Kier molecular flexibility index (Phi) is 9.08. The second-order valence-corrected chi connectivity index (χ2v) is 7.33. The minimum absolute atomic E-state index is 0. The Balaban J connectivity index is 0.00000420. The van der Waals surface area contributed by atoms with E-state index in [0.717, 1.165) is 5.56 Å². The van der Waals surface area contributed by atoms with Gasteiger partial charge in [-0.2, -0.15) is 0 Å². The van der Waals surface area contributed by atoms with Gasteiger partial charge < -0.3 is 16.8 Å². The SMILES string of the molecule is CC[C@@H](N[C@H](C)CC(N)=O)c1ccc(Cl)c(C(=O)c2ccc(N)c(C)c2)c1F.Cl. The molecule has 1 amide bonds. The number of hydrogen-bond acceptors (Lipinski definition) is 4. The number of carbonyl (C=O) groups excluding carboxylic acids is 2. The number of nitrogens with one attached hydrogen (secondary N) is 1. The van der Waals surface area contributed by atoms with Crippen LogP contribution in [0.1, 0.15) is 59.8 Å². The number of anilines is 1. The maximum Gasteiger partial charge on any atom is 0.218 e. The first-order valence-corrected chi connectivity index (χ1v) is 9.46. The summed E-state index contributed by atoms with van der Waals surface area (Å²) in [5, 5.41) is 3.23. The van der Waals surface area contributed by atoms with E-state index in [1.54, 1.807) is 38.1 Å². The molecule has 2 aromatic rings. The Morgan fingerprint density at radius 3 is 2.45 bits per heavy atom. The monoisotopic (exact) mass is 441 g/mol. The first-order chi connectivity index (χ1) is 13.1. The number of primary amides is 1. The van der Waals surface area contributed by atoms with Crippen LogP contribution >= 0.6 is 24.0 Å². The topological polar surface area (TPSA) is 98.2 Å². The molecule has 0 aliphatic carbocycles. The van der Waals surface area contributed by atoms with Gasteiger partial charge in [0, 0.05) is 35.3 Å². The summed E-state index contributed by atoms with van der Waals surface area (Å²) in [6.07, 6.45) is 0.679. The molecule has 8 heteroatoms. The minimum Gasteiger partial charge on any atom is -0.399 e. The number of ketones is 1. The maximum atomic E-state index is 15.3. The zero-order valence-electron chi connectivity index (χ0n) is 16.6. The second-order valence-electron chi connectivity index (χ2n) is 6.93. The van der Waals surface area contributed by atoms with Crippen LogP contribution in [0, 0.1) is 12.7 Å². The van der Waals surface area contributed by atoms with Crippen LogP contribution in [0.25, 0.3) is 0 Å². The van der Waals surface area contributed by atoms with E-state index in [4.69, 9.17) is 23.1 Å². The lowest BCUT2D eigenvalue weighted by Crippen LogP contribution is -2.34. The molecule has 2 atom stereocenters. The average molecular weight is 442 g/mol. The molecule has 158 valence electrons. The highest BCUT2D eigenvalue weighted by Crippen LogP contribution is 2.30. The van der Waals surface area contributed by atoms with Gasteiger partial charge in [0.2, 0.25) is 5.91 Å². The Bertz CT molecular complexity index is 906. The van der Waals surface area contributed by atoms with E-state index in [0.29, 0.717) is 23.2 Å². The Morgan fingerprint density at radius 2 is 1.90 bits per heavy atom. The molecule has 0 heterocycles. The van der Waals surface area contributed by atoms with E-state index in [9.17, 15) is 9.59 Å². The van der Waals surface area contributed by atoms with Gasteiger partial charge >= 0.3 is 0 Å². The summed E-state index contributed by atoms with van der Waals surface area (Å²) in [4.78, 5) is 24.1. The number of aryl methyl sites for hydroxylation is 1. The maximum absolute atomic E-state index is 15.3. The summed E-state index contributed by atoms with van der Waals surface area (Å²) in [7, 11) is 0. The molecule has 0 fully saturated rings. The lowest BCUT2D eigenvalue weighted by atomic mass is 9.95. The van der Waals surface area contributed by atoms with Crippen molar-refractivity contribution < 1.29 is 14.0 Å². The number of amides is 1. The van der Waals surface area contributed by atoms with Crippen LogP contribution in [0.5, 0.6) is 0 Å². The lowest BCUT2D eigenvalue weighted by Gasteiger charge is -2.23. The molecule has 0 spiro atoms. The third-order valence-corrected chi connectivity index (χ3v) is 4.97. The molecular formula is C21H26Cl2FN3O2.